The zero-order valence-corrected chi connectivity index (χ0v) is 10.9. The number of nitrogens with two attached hydrogens (primary N) is 1. The van der Waals surface area contributed by atoms with Crippen molar-refractivity contribution in [1.29, 1.82) is 0 Å². The monoisotopic (exact) mass is 272 g/mol. The molecule has 0 atom stereocenters. The summed E-state index contributed by atoms with van der Waals surface area (Å²) in [4.78, 5) is 11.3. The Hall–Kier alpha value is -1.39. The zero-order chi connectivity index (χ0) is 12.5. The summed E-state index contributed by atoms with van der Waals surface area (Å²) in [6.45, 7) is 1.22. The number of carbonyl (C=O) groups is 1. The molecular weight excluding hydrogens is 255 g/mol. The third-order valence-corrected chi connectivity index (χ3v) is 2.25. The summed E-state index contributed by atoms with van der Waals surface area (Å²) in [7, 11) is 0. The third-order valence-electron chi connectivity index (χ3n) is 2.25. The maximum Gasteiger partial charge on any atom is 0.244 e. The average molecular weight is 273 g/mol. The summed E-state index contributed by atoms with van der Waals surface area (Å²) in [6.07, 6.45) is 4.54. The minimum absolute atomic E-state index is 0. The molecule has 0 heterocycles. The number of hydrogen-bond donors (Lipinski definition) is 2. The molecule has 1 amide bonds. The minimum atomic E-state index is -0.334. The largest absolute Gasteiger partial charge is 0.353 e. The molecule has 18 heavy (non-hydrogen) atoms. The smallest absolute Gasteiger partial charge is 0.244 e. The Balaban J connectivity index is 0.00000289. The molecule has 0 bridgehead atoms. The highest BCUT2D eigenvalue weighted by Crippen LogP contribution is 2.07. The Morgan fingerprint density at radius 2 is 2.06 bits per heavy atom. The first kappa shape index (κ1) is 16.6. The molecule has 0 aromatic heterocycles. The Bertz CT molecular complexity index is 396. The van der Waals surface area contributed by atoms with Crippen molar-refractivity contribution in [3.63, 3.8) is 0 Å². The molecule has 1 rings (SSSR count). The van der Waals surface area contributed by atoms with Crippen molar-refractivity contribution < 1.29 is 9.18 Å². The standard InChI is InChI=1S/C13H17FN2O.ClH/c14-12-6-2-1-5-11(12)7-8-13(17)16-10-4-3-9-15;/h1-2,5-8H,3-4,9-10,15H2,(H,16,17);1H/b8-7+;. The van der Waals surface area contributed by atoms with Gasteiger partial charge in [-0.3, -0.25) is 4.79 Å². The van der Waals surface area contributed by atoms with Gasteiger partial charge in [0, 0.05) is 18.2 Å². The van der Waals surface area contributed by atoms with Gasteiger partial charge in [0.2, 0.25) is 5.91 Å². The molecule has 0 aliphatic rings. The van der Waals surface area contributed by atoms with Gasteiger partial charge in [-0.1, -0.05) is 18.2 Å². The molecule has 0 aliphatic carbocycles. The Morgan fingerprint density at radius 1 is 1.33 bits per heavy atom. The van der Waals surface area contributed by atoms with Crippen LogP contribution in [0.2, 0.25) is 0 Å². The van der Waals surface area contributed by atoms with Gasteiger partial charge < -0.3 is 11.1 Å². The molecule has 0 saturated heterocycles. The van der Waals surface area contributed by atoms with Crippen molar-refractivity contribution >= 4 is 24.4 Å². The van der Waals surface area contributed by atoms with Gasteiger partial charge in [-0.15, -0.1) is 12.4 Å². The van der Waals surface area contributed by atoms with E-state index in [0.29, 0.717) is 18.7 Å². The van der Waals surface area contributed by atoms with Crippen LogP contribution < -0.4 is 11.1 Å². The van der Waals surface area contributed by atoms with Gasteiger partial charge >= 0.3 is 0 Å². The Morgan fingerprint density at radius 3 is 2.72 bits per heavy atom. The highest BCUT2D eigenvalue weighted by Gasteiger charge is 1.97. The fourth-order valence-electron chi connectivity index (χ4n) is 1.32. The average Bonchev–Trinajstić information content (AvgIpc) is 2.34. The number of halogens is 2. The molecule has 1 aromatic rings. The van der Waals surface area contributed by atoms with Gasteiger partial charge in [0.25, 0.3) is 0 Å². The molecule has 0 spiro atoms. The maximum atomic E-state index is 13.2. The van der Waals surface area contributed by atoms with E-state index >= 15 is 0 Å². The van der Waals surface area contributed by atoms with Crippen LogP contribution in [0.1, 0.15) is 18.4 Å². The summed E-state index contributed by atoms with van der Waals surface area (Å²) in [5, 5.41) is 2.70. The SMILES string of the molecule is Cl.NCCCCNC(=O)/C=C/c1ccccc1F. The first-order valence-corrected chi connectivity index (χ1v) is 5.64. The lowest BCUT2D eigenvalue weighted by atomic mass is 10.2. The molecule has 0 fully saturated rings. The Labute approximate surface area is 113 Å². The summed E-state index contributed by atoms with van der Waals surface area (Å²) in [5.41, 5.74) is 5.74. The molecule has 0 saturated carbocycles. The fraction of sp³-hybridized carbons (Fsp3) is 0.308. The molecule has 5 heteroatoms. The summed E-state index contributed by atoms with van der Waals surface area (Å²) >= 11 is 0. The van der Waals surface area contributed by atoms with E-state index in [4.69, 9.17) is 5.73 Å². The van der Waals surface area contributed by atoms with Crippen molar-refractivity contribution in [3.8, 4) is 0 Å². The molecular formula is C13H18ClFN2O. The van der Waals surface area contributed by atoms with Crippen LogP contribution in [0.3, 0.4) is 0 Å². The predicted molar refractivity (Wildman–Crippen MR) is 74.0 cm³/mol. The highest BCUT2D eigenvalue weighted by atomic mass is 35.5. The van der Waals surface area contributed by atoms with E-state index in [1.165, 1.54) is 18.2 Å². The molecule has 100 valence electrons. The van der Waals surface area contributed by atoms with Crippen molar-refractivity contribution in [1.82, 2.24) is 5.32 Å². The van der Waals surface area contributed by atoms with Gasteiger partial charge in [0.15, 0.2) is 0 Å². The van der Waals surface area contributed by atoms with Crippen LogP contribution >= 0.6 is 12.4 Å². The Kier molecular flexibility index (Phi) is 8.88. The van der Waals surface area contributed by atoms with Crippen LogP contribution in [0.15, 0.2) is 30.3 Å². The first-order valence-electron chi connectivity index (χ1n) is 5.64. The lowest BCUT2D eigenvalue weighted by molar-refractivity contribution is -0.116. The van der Waals surface area contributed by atoms with E-state index < -0.39 is 0 Å². The number of benzene rings is 1. The van der Waals surface area contributed by atoms with Gasteiger partial charge in [-0.2, -0.15) is 0 Å². The van der Waals surface area contributed by atoms with Crippen LogP contribution in [-0.4, -0.2) is 19.0 Å². The van der Waals surface area contributed by atoms with Crippen LogP contribution in [-0.2, 0) is 4.79 Å². The van der Waals surface area contributed by atoms with E-state index in [0.717, 1.165) is 12.8 Å². The third kappa shape index (κ3) is 6.37. The van der Waals surface area contributed by atoms with Crippen molar-refractivity contribution in [3.05, 3.63) is 41.7 Å². The second-order valence-electron chi connectivity index (χ2n) is 3.64. The quantitative estimate of drug-likeness (QED) is 0.616. The lowest BCUT2D eigenvalue weighted by Gasteiger charge is -2.00. The zero-order valence-electron chi connectivity index (χ0n) is 10.1. The maximum absolute atomic E-state index is 13.2. The van der Waals surface area contributed by atoms with Gasteiger partial charge in [-0.05, 0) is 31.5 Å². The number of rotatable bonds is 6. The summed E-state index contributed by atoms with van der Waals surface area (Å²) < 4.78 is 13.2. The molecule has 0 unspecified atom stereocenters. The first-order chi connectivity index (χ1) is 8.24. The number of carbonyl (C=O) groups excluding carboxylic acids is 1. The van der Waals surface area contributed by atoms with E-state index in [-0.39, 0.29) is 24.1 Å². The van der Waals surface area contributed by atoms with Crippen molar-refractivity contribution in [2.45, 2.75) is 12.8 Å². The van der Waals surface area contributed by atoms with Crippen LogP contribution in [0, 0.1) is 5.82 Å². The van der Waals surface area contributed by atoms with E-state index in [1.807, 2.05) is 0 Å². The summed E-state index contributed by atoms with van der Waals surface area (Å²) in [5.74, 6) is -0.551. The topological polar surface area (TPSA) is 55.1 Å². The molecule has 3 nitrogen and oxygen atoms in total. The van der Waals surface area contributed by atoms with Gasteiger partial charge in [0.1, 0.15) is 5.82 Å². The second-order valence-corrected chi connectivity index (χ2v) is 3.64. The fourth-order valence-corrected chi connectivity index (χ4v) is 1.32. The van der Waals surface area contributed by atoms with Gasteiger partial charge in [0.05, 0.1) is 0 Å². The highest BCUT2D eigenvalue weighted by molar-refractivity contribution is 5.91. The number of nitrogens with one attached hydrogen (secondary N) is 1. The van der Waals surface area contributed by atoms with Crippen LogP contribution in [0.5, 0.6) is 0 Å². The van der Waals surface area contributed by atoms with E-state index in [9.17, 15) is 9.18 Å². The van der Waals surface area contributed by atoms with Crippen LogP contribution in [0.25, 0.3) is 6.08 Å². The number of hydrogen-bond acceptors (Lipinski definition) is 2. The molecule has 0 radical (unpaired) electrons. The van der Waals surface area contributed by atoms with E-state index in [2.05, 4.69) is 5.32 Å². The van der Waals surface area contributed by atoms with Crippen molar-refractivity contribution in [2.75, 3.05) is 13.1 Å². The van der Waals surface area contributed by atoms with Crippen LogP contribution in [0.4, 0.5) is 4.39 Å². The minimum Gasteiger partial charge on any atom is -0.353 e. The molecule has 0 aliphatic heterocycles. The second kappa shape index (κ2) is 9.62. The van der Waals surface area contributed by atoms with E-state index in [1.54, 1.807) is 18.2 Å². The summed E-state index contributed by atoms with van der Waals surface area (Å²) in [6, 6.07) is 6.31. The lowest BCUT2D eigenvalue weighted by Crippen LogP contribution is -2.22. The number of unbranched alkanes of at least 4 members (excludes halogenated alkanes) is 1. The van der Waals surface area contributed by atoms with Gasteiger partial charge in [-0.25, -0.2) is 4.39 Å². The predicted octanol–water partition coefficient (Wildman–Crippen LogP) is 2.12. The van der Waals surface area contributed by atoms with Crippen molar-refractivity contribution in [2.24, 2.45) is 5.73 Å². The number of amides is 1. The normalized spacial score (nSPS) is 10.1. The molecule has 1 aromatic carbocycles. The molecule has 3 N–H and O–H groups in total.